The summed E-state index contributed by atoms with van der Waals surface area (Å²) in [5.41, 5.74) is 0. The third-order valence-corrected chi connectivity index (χ3v) is 2.58. The van der Waals surface area contributed by atoms with Crippen molar-refractivity contribution in [3.05, 3.63) is 0 Å². The number of thiocarbonyl (C=S) groups is 1. The first-order valence-electron chi connectivity index (χ1n) is 4.83. The zero-order chi connectivity index (χ0) is 9.84. The molecule has 76 valence electrons. The minimum Gasteiger partial charge on any atom is -0.360 e. The summed E-state index contributed by atoms with van der Waals surface area (Å²) in [6.07, 6.45) is 0. The van der Waals surface area contributed by atoms with Crippen LogP contribution in [0, 0.1) is 0 Å². The van der Waals surface area contributed by atoms with E-state index >= 15 is 0 Å². The summed E-state index contributed by atoms with van der Waals surface area (Å²) in [4.78, 5) is 4.57. The fraction of sp³-hybridized carbons (Fsp3) is 0.889. The smallest absolute Gasteiger partial charge is 0.169 e. The van der Waals surface area contributed by atoms with E-state index in [1.54, 1.807) is 0 Å². The van der Waals surface area contributed by atoms with E-state index in [0.29, 0.717) is 6.04 Å². The number of rotatable bonds is 1. The largest absolute Gasteiger partial charge is 0.360 e. The van der Waals surface area contributed by atoms with E-state index in [1.807, 2.05) is 0 Å². The van der Waals surface area contributed by atoms with Crippen molar-refractivity contribution < 1.29 is 0 Å². The molecule has 0 unspecified atom stereocenters. The molecule has 1 saturated heterocycles. The molecule has 0 saturated carbocycles. The Morgan fingerprint density at radius 1 is 1.23 bits per heavy atom. The molecule has 3 nitrogen and oxygen atoms in total. The van der Waals surface area contributed by atoms with Gasteiger partial charge in [-0.1, -0.05) is 0 Å². The van der Waals surface area contributed by atoms with E-state index in [1.165, 1.54) is 0 Å². The molecule has 0 aromatic carbocycles. The average Bonchev–Trinajstić information content (AvgIpc) is 2.04. The van der Waals surface area contributed by atoms with E-state index in [9.17, 15) is 0 Å². The van der Waals surface area contributed by atoms with Gasteiger partial charge in [-0.05, 0) is 33.1 Å². The van der Waals surface area contributed by atoms with Crippen LogP contribution in [0.5, 0.6) is 0 Å². The summed E-state index contributed by atoms with van der Waals surface area (Å²) in [6.45, 7) is 8.55. The second-order valence-electron chi connectivity index (χ2n) is 3.89. The monoisotopic (exact) mass is 201 g/mol. The Morgan fingerprint density at radius 2 is 1.77 bits per heavy atom. The Balaban J connectivity index is 2.31. The first kappa shape index (κ1) is 10.7. The Hall–Kier alpha value is -0.350. The van der Waals surface area contributed by atoms with Crippen molar-refractivity contribution in [2.45, 2.75) is 19.9 Å². The van der Waals surface area contributed by atoms with Crippen molar-refractivity contribution >= 4 is 17.3 Å². The number of piperazine rings is 1. The van der Waals surface area contributed by atoms with Gasteiger partial charge in [-0.3, -0.25) is 0 Å². The van der Waals surface area contributed by atoms with E-state index in [-0.39, 0.29) is 0 Å². The molecule has 0 radical (unpaired) electrons. The average molecular weight is 201 g/mol. The lowest BCUT2D eigenvalue weighted by Gasteiger charge is -2.34. The summed E-state index contributed by atoms with van der Waals surface area (Å²) in [5, 5.41) is 4.17. The zero-order valence-corrected chi connectivity index (χ0v) is 9.52. The fourth-order valence-electron chi connectivity index (χ4n) is 1.35. The summed E-state index contributed by atoms with van der Waals surface area (Å²) in [7, 11) is 2.15. The quantitative estimate of drug-likeness (QED) is 0.623. The van der Waals surface area contributed by atoms with Gasteiger partial charge in [0.25, 0.3) is 0 Å². The number of nitrogens with zero attached hydrogens (tertiary/aromatic N) is 2. The van der Waals surface area contributed by atoms with Crippen LogP contribution < -0.4 is 5.32 Å². The summed E-state index contributed by atoms with van der Waals surface area (Å²) in [6, 6.07) is 0.437. The molecule has 0 aromatic heterocycles. The molecule has 0 aliphatic carbocycles. The Morgan fingerprint density at radius 3 is 2.23 bits per heavy atom. The standard InChI is InChI=1S/C9H19N3S/c1-8(2)10-9(13)12-6-4-11(3)5-7-12/h8H,4-7H2,1-3H3,(H,10,13). The first-order chi connectivity index (χ1) is 6.09. The maximum absolute atomic E-state index is 5.29. The van der Waals surface area contributed by atoms with Gasteiger partial charge < -0.3 is 15.1 Å². The molecule has 0 bridgehead atoms. The van der Waals surface area contributed by atoms with Crippen LogP contribution in [0.2, 0.25) is 0 Å². The van der Waals surface area contributed by atoms with Crippen LogP contribution in [-0.2, 0) is 0 Å². The van der Waals surface area contributed by atoms with Crippen LogP contribution in [0.1, 0.15) is 13.8 Å². The van der Waals surface area contributed by atoms with Crippen LogP contribution in [0.3, 0.4) is 0 Å². The summed E-state index contributed by atoms with van der Waals surface area (Å²) in [5.74, 6) is 0. The normalized spacial score (nSPS) is 19.2. The molecule has 1 aliphatic heterocycles. The second-order valence-corrected chi connectivity index (χ2v) is 4.28. The molecular formula is C9H19N3S. The summed E-state index contributed by atoms with van der Waals surface area (Å²) < 4.78 is 0. The van der Waals surface area contributed by atoms with Crippen LogP contribution in [-0.4, -0.2) is 54.2 Å². The molecular weight excluding hydrogens is 182 g/mol. The molecule has 1 fully saturated rings. The van der Waals surface area contributed by atoms with E-state index in [4.69, 9.17) is 12.2 Å². The molecule has 1 heterocycles. The van der Waals surface area contributed by atoms with Gasteiger partial charge in [0.05, 0.1) is 0 Å². The van der Waals surface area contributed by atoms with Gasteiger partial charge in [0.1, 0.15) is 0 Å². The minimum absolute atomic E-state index is 0.437. The Bertz CT molecular complexity index is 174. The summed E-state index contributed by atoms with van der Waals surface area (Å²) >= 11 is 5.29. The van der Waals surface area contributed by atoms with E-state index in [2.05, 4.69) is 36.0 Å². The predicted octanol–water partition coefficient (Wildman–Crippen LogP) is 0.517. The second kappa shape index (κ2) is 4.77. The number of likely N-dealkylation sites (N-methyl/N-ethyl adjacent to an activating group) is 1. The maximum atomic E-state index is 5.29. The molecule has 1 N–H and O–H groups in total. The van der Waals surface area contributed by atoms with Gasteiger partial charge in [0, 0.05) is 32.2 Å². The molecule has 1 rings (SSSR count). The van der Waals surface area contributed by atoms with Crippen molar-refractivity contribution in [2.75, 3.05) is 33.2 Å². The number of hydrogen-bond acceptors (Lipinski definition) is 2. The Kier molecular flexibility index (Phi) is 3.93. The Labute approximate surface area is 86.1 Å². The predicted molar refractivity (Wildman–Crippen MR) is 59.9 cm³/mol. The molecule has 0 atom stereocenters. The van der Waals surface area contributed by atoms with Gasteiger partial charge in [-0.2, -0.15) is 0 Å². The van der Waals surface area contributed by atoms with Crippen LogP contribution in [0.15, 0.2) is 0 Å². The topological polar surface area (TPSA) is 18.5 Å². The molecule has 0 spiro atoms. The van der Waals surface area contributed by atoms with Crippen LogP contribution in [0.25, 0.3) is 0 Å². The van der Waals surface area contributed by atoms with Gasteiger partial charge >= 0.3 is 0 Å². The van der Waals surface area contributed by atoms with E-state index in [0.717, 1.165) is 31.3 Å². The van der Waals surface area contributed by atoms with Gasteiger partial charge in [0.15, 0.2) is 5.11 Å². The van der Waals surface area contributed by atoms with Crippen LogP contribution >= 0.6 is 12.2 Å². The number of hydrogen-bond donors (Lipinski definition) is 1. The van der Waals surface area contributed by atoms with Crippen molar-refractivity contribution in [1.29, 1.82) is 0 Å². The lowest BCUT2D eigenvalue weighted by molar-refractivity contribution is 0.213. The van der Waals surface area contributed by atoms with E-state index < -0.39 is 0 Å². The SMILES string of the molecule is CC(C)NC(=S)N1CCN(C)CC1. The molecule has 0 aromatic rings. The first-order valence-corrected chi connectivity index (χ1v) is 5.24. The van der Waals surface area contributed by atoms with Gasteiger partial charge in [-0.25, -0.2) is 0 Å². The van der Waals surface area contributed by atoms with Gasteiger partial charge in [0.2, 0.25) is 0 Å². The van der Waals surface area contributed by atoms with Crippen LogP contribution in [0.4, 0.5) is 0 Å². The minimum atomic E-state index is 0.437. The fourth-order valence-corrected chi connectivity index (χ4v) is 1.77. The van der Waals surface area contributed by atoms with Crippen molar-refractivity contribution in [3.8, 4) is 0 Å². The third-order valence-electron chi connectivity index (χ3n) is 2.20. The molecule has 0 amide bonds. The highest BCUT2D eigenvalue weighted by Crippen LogP contribution is 1.99. The highest BCUT2D eigenvalue weighted by molar-refractivity contribution is 7.80. The van der Waals surface area contributed by atoms with Crippen molar-refractivity contribution in [1.82, 2.24) is 15.1 Å². The maximum Gasteiger partial charge on any atom is 0.169 e. The van der Waals surface area contributed by atoms with Crippen molar-refractivity contribution in [3.63, 3.8) is 0 Å². The highest BCUT2D eigenvalue weighted by Gasteiger charge is 2.16. The van der Waals surface area contributed by atoms with Gasteiger partial charge in [-0.15, -0.1) is 0 Å². The number of nitrogens with one attached hydrogen (secondary N) is 1. The third kappa shape index (κ3) is 3.48. The zero-order valence-electron chi connectivity index (χ0n) is 8.71. The highest BCUT2D eigenvalue weighted by atomic mass is 32.1. The van der Waals surface area contributed by atoms with Crippen molar-refractivity contribution in [2.24, 2.45) is 0 Å². The lowest BCUT2D eigenvalue weighted by Crippen LogP contribution is -2.51. The molecule has 1 aliphatic rings. The lowest BCUT2D eigenvalue weighted by atomic mass is 10.3. The molecule has 13 heavy (non-hydrogen) atoms. The molecule has 4 heteroatoms.